The molecular weight excluding hydrogens is 431 g/mol. The molecule has 0 saturated heterocycles. The maximum atomic E-state index is 13.0. The van der Waals surface area contributed by atoms with Crippen molar-refractivity contribution in [1.82, 2.24) is 15.1 Å². The zero-order valence-electron chi connectivity index (χ0n) is 15.6. The second kappa shape index (κ2) is 8.40. The summed E-state index contributed by atoms with van der Waals surface area (Å²) in [4.78, 5) is 12.1. The summed E-state index contributed by atoms with van der Waals surface area (Å²) in [7, 11) is 0. The van der Waals surface area contributed by atoms with E-state index in [4.69, 9.17) is 0 Å². The minimum absolute atomic E-state index is 0.0428. The number of amides is 1. The quantitative estimate of drug-likeness (QED) is 0.561. The van der Waals surface area contributed by atoms with Gasteiger partial charge in [0.25, 0.3) is 5.91 Å². The Hall–Kier alpha value is -3.37. The average Bonchev–Trinajstić information content (AvgIpc) is 3.15. The molecule has 0 spiro atoms. The molecule has 1 heterocycles. The highest BCUT2D eigenvalue weighted by Crippen LogP contribution is 2.36. The number of hydrogen-bond acceptors (Lipinski definition) is 2. The van der Waals surface area contributed by atoms with Gasteiger partial charge in [0.1, 0.15) is 5.82 Å². The highest BCUT2D eigenvalue weighted by Gasteiger charge is 2.37. The van der Waals surface area contributed by atoms with Gasteiger partial charge in [-0.1, -0.05) is 0 Å². The van der Waals surface area contributed by atoms with E-state index in [2.05, 4.69) is 10.4 Å². The molecule has 164 valence electrons. The Labute approximate surface area is 171 Å². The van der Waals surface area contributed by atoms with Crippen molar-refractivity contribution in [2.75, 3.05) is 6.54 Å². The molecule has 1 amide bonds. The van der Waals surface area contributed by atoms with Crippen LogP contribution in [0.1, 0.15) is 27.2 Å². The fourth-order valence-corrected chi connectivity index (χ4v) is 2.72. The lowest BCUT2D eigenvalue weighted by Crippen LogP contribution is -2.27. The van der Waals surface area contributed by atoms with E-state index in [0.29, 0.717) is 23.5 Å². The maximum absolute atomic E-state index is 13.0. The van der Waals surface area contributed by atoms with E-state index in [1.54, 1.807) is 12.3 Å². The normalized spacial score (nSPS) is 12.1. The molecule has 0 saturated carbocycles. The molecule has 0 aliphatic carbocycles. The van der Waals surface area contributed by atoms with Gasteiger partial charge >= 0.3 is 12.4 Å². The van der Waals surface area contributed by atoms with Crippen LogP contribution in [0.4, 0.5) is 30.7 Å². The summed E-state index contributed by atoms with van der Waals surface area (Å²) in [6.07, 6.45) is -8.31. The Morgan fingerprint density at radius 1 is 0.903 bits per heavy atom. The topological polar surface area (TPSA) is 46.9 Å². The molecular formula is C20H14F7N3O. The van der Waals surface area contributed by atoms with Gasteiger partial charge in [0.15, 0.2) is 0 Å². The number of aromatic nitrogens is 2. The number of alkyl halides is 6. The van der Waals surface area contributed by atoms with E-state index in [1.165, 1.54) is 28.9 Å². The van der Waals surface area contributed by atoms with Crippen LogP contribution in [-0.4, -0.2) is 22.2 Å². The minimum atomic E-state index is -5.04. The fraction of sp³-hybridized carbons (Fsp3) is 0.200. The molecule has 4 nitrogen and oxygen atoms in total. The lowest BCUT2D eigenvalue weighted by atomic mass is 10.0. The Morgan fingerprint density at radius 2 is 1.48 bits per heavy atom. The lowest BCUT2D eigenvalue weighted by Gasteiger charge is -2.14. The third-order valence-electron chi connectivity index (χ3n) is 4.25. The van der Waals surface area contributed by atoms with Gasteiger partial charge in [-0.15, -0.1) is 0 Å². The van der Waals surface area contributed by atoms with Gasteiger partial charge in [0.2, 0.25) is 0 Å². The summed E-state index contributed by atoms with van der Waals surface area (Å²) in [5, 5.41) is 6.51. The predicted octanol–water partition coefficient (Wildman–Crippen LogP) is 5.02. The van der Waals surface area contributed by atoms with E-state index in [-0.39, 0.29) is 19.0 Å². The molecule has 1 aromatic heterocycles. The van der Waals surface area contributed by atoms with Crippen LogP contribution in [0.15, 0.2) is 54.7 Å². The maximum Gasteiger partial charge on any atom is 0.416 e. The first kappa shape index (κ1) is 22.3. The Kier molecular flexibility index (Phi) is 6.05. The first-order valence-corrected chi connectivity index (χ1v) is 8.81. The number of benzene rings is 2. The van der Waals surface area contributed by atoms with Gasteiger partial charge in [-0.2, -0.15) is 31.4 Å². The Bertz CT molecular complexity index is 1040. The second-order valence-electron chi connectivity index (χ2n) is 6.53. The molecule has 0 aliphatic rings. The monoisotopic (exact) mass is 445 g/mol. The van der Waals surface area contributed by atoms with E-state index >= 15 is 0 Å². The van der Waals surface area contributed by atoms with Crippen molar-refractivity contribution in [3.63, 3.8) is 0 Å². The fourth-order valence-electron chi connectivity index (χ4n) is 2.72. The summed E-state index contributed by atoms with van der Waals surface area (Å²) in [6.45, 7) is -0.0726. The first-order valence-electron chi connectivity index (χ1n) is 8.81. The number of carbonyl (C=O) groups excluding carboxylic acids is 1. The van der Waals surface area contributed by atoms with Crippen molar-refractivity contribution in [3.05, 3.63) is 82.9 Å². The number of hydrogen-bond donors (Lipinski definition) is 1. The molecule has 0 atom stereocenters. The van der Waals surface area contributed by atoms with E-state index in [0.717, 1.165) is 0 Å². The standard InChI is InChI=1S/C20H14F7N3O/c21-15-1-3-17(4-2-15)30-8-6-16(29-30)5-7-28-18(31)12-9-13(19(22,23)24)11-14(10-12)20(25,26)27/h1-4,6,8-11H,5,7H2,(H,28,31). The number of nitrogens with one attached hydrogen (secondary N) is 1. The summed E-state index contributed by atoms with van der Waals surface area (Å²) in [5.41, 5.74) is -2.79. The van der Waals surface area contributed by atoms with Crippen LogP contribution in [0.3, 0.4) is 0 Å². The summed E-state index contributed by atoms with van der Waals surface area (Å²) in [5.74, 6) is -1.49. The van der Waals surface area contributed by atoms with E-state index in [1.807, 2.05) is 0 Å². The molecule has 0 bridgehead atoms. The van der Waals surface area contributed by atoms with Crippen LogP contribution in [0, 0.1) is 5.82 Å². The van der Waals surface area contributed by atoms with Crippen molar-refractivity contribution in [1.29, 1.82) is 0 Å². The van der Waals surface area contributed by atoms with E-state index in [9.17, 15) is 35.5 Å². The van der Waals surface area contributed by atoms with Gasteiger partial charge in [0, 0.05) is 24.7 Å². The SMILES string of the molecule is O=C(NCCc1ccn(-c2ccc(F)cc2)n1)c1cc(C(F)(F)F)cc(C(F)(F)F)c1. The molecule has 31 heavy (non-hydrogen) atoms. The van der Waals surface area contributed by atoms with Crippen LogP contribution >= 0.6 is 0 Å². The Morgan fingerprint density at radius 3 is 2.03 bits per heavy atom. The van der Waals surface area contributed by atoms with Crippen LogP contribution in [0.5, 0.6) is 0 Å². The molecule has 3 rings (SSSR count). The third kappa shape index (κ3) is 5.62. The van der Waals surface area contributed by atoms with Crippen molar-refractivity contribution in [3.8, 4) is 5.69 Å². The van der Waals surface area contributed by atoms with Crippen LogP contribution in [-0.2, 0) is 18.8 Å². The summed E-state index contributed by atoms with van der Waals surface area (Å²) >= 11 is 0. The van der Waals surface area contributed by atoms with Gasteiger partial charge < -0.3 is 5.32 Å². The zero-order valence-corrected chi connectivity index (χ0v) is 15.6. The van der Waals surface area contributed by atoms with Crippen molar-refractivity contribution < 1.29 is 35.5 Å². The molecule has 0 fully saturated rings. The third-order valence-corrected chi connectivity index (χ3v) is 4.25. The first-order chi connectivity index (χ1) is 14.4. The highest BCUT2D eigenvalue weighted by atomic mass is 19.4. The zero-order chi connectivity index (χ0) is 22.8. The van der Waals surface area contributed by atoms with Gasteiger partial charge in [0.05, 0.1) is 22.5 Å². The smallest absolute Gasteiger partial charge is 0.352 e. The van der Waals surface area contributed by atoms with Crippen molar-refractivity contribution in [2.45, 2.75) is 18.8 Å². The second-order valence-corrected chi connectivity index (χ2v) is 6.53. The largest absolute Gasteiger partial charge is 0.416 e. The van der Waals surface area contributed by atoms with Crippen LogP contribution < -0.4 is 5.32 Å². The minimum Gasteiger partial charge on any atom is -0.352 e. The number of halogens is 7. The van der Waals surface area contributed by atoms with Crippen molar-refractivity contribution in [2.24, 2.45) is 0 Å². The number of carbonyl (C=O) groups is 1. The predicted molar refractivity (Wildman–Crippen MR) is 96.0 cm³/mol. The average molecular weight is 445 g/mol. The van der Waals surface area contributed by atoms with Crippen molar-refractivity contribution >= 4 is 5.91 Å². The molecule has 0 radical (unpaired) electrons. The summed E-state index contributed by atoms with van der Waals surface area (Å²) in [6, 6.07) is 7.81. The molecule has 11 heteroatoms. The molecule has 0 unspecified atom stereocenters. The Balaban J connectivity index is 1.68. The van der Waals surface area contributed by atoms with Gasteiger partial charge in [-0.3, -0.25) is 4.79 Å². The number of rotatable bonds is 5. The van der Waals surface area contributed by atoms with Crippen LogP contribution in [0.2, 0.25) is 0 Å². The molecule has 1 N–H and O–H groups in total. The molecule has 3 aromatic rings. The van der Waals surface area contributed by atoms with Gasteiger partial charge in [-0.05, 0) is 48.5 Å². The molecule has 0 aliphatic heterocycles. The summed E-state index contributed by atoms with van der Waals surface area (Å²) < 4.78 is 91.9. The van der Waals surface area contributed by atoms with E-state index < -0.39 is 40.8 Å². The van der Waals surface area contributed by atoms with Gasteiger partial charge in [-0.25, -0.2) is 9.07 Å². The highest BCUT2D eigenvalue weighted by molar-refractivity contribution is 5.94. The van der Waals surface area contributed by atoms with Crippen LogP contribution in [0.25, 0.3) is 5.69 Å². The molecule has 2 aromatic carbocycles. The number of nitrogens with zero attached hydrogens (tertiary/aromatic N) is 2. The lowest BCUT2D eigenvalue weighted by molar-refractivity contribution is -0.143.